The van der Waals surface area contributed by atoms with Crippen LogP contribution in [-0.4, -0.2) is 57.7 Å². The molecule has 1 saturated heterocycles. The van der Waals surface area contributed by atoms with Crippen LogP contribution in [0, 0.1) is 3.57 Å². The molecule has 1 fully saturated rings. The molecule has 0 spiro atoms. The third kappa shape index (κ3) is 3.18. The first-order valence-electron chi connectivity index (χ1n) is 5.76. The van der Waals surface area contributed by atoms with E-state index in [1.165, 1.54) is 0 Å². The van der Waals surface area contributed by atoms with Crippen molar-refractivity contribution in [3.8, 4) is 5.75 Å². The molecule has 0 radical (unpaired) electrons. The number of para-hydroxylation sites is 1. The molecule has 1 aliphatic heterocycles. The molecule has 2 rings (SSSR count). The molecular weight excluding hydrogens is 367 g/mol. The number of hydrogen-bond acceptors (Lipinski definition) is 6. The first kappa shape index (κ1) is 14.9. The van der Waals surface area contributed by atoms with Crippen molar-refractivity contribution in [2.75, 3.05) is 6.61 Å². The highest BCUT2D eigenvalue weighted by molar-refractivity contribution is 14.1. The average molecular weight is 382 g/mol. The van der Waals surface area contributed by atoms with Gasteiger partial charge in [-0.05, 0) is 34.7 Å². The molecule has 0 aromatic heterocycles. The van der Waals surface area contributed by atoms with Crippen LogP contribution >= 0.6 is 22.6 Å². The monoisotopic (exact) mass is 382 g/mol. The second-order valence-corrected chi connectivity index (χ2v) is 5.40. The van der Waals surface area contributed by atoms with Crippen LogP contribution in [0.25, 0.3) is 0 Å². The van der Waals surface area contributed by atoms with Gasteiger partial charge in [0.15, 0.2) is 12.4 Å². The van der Waals surface area contributed by atoms with Crippen molar-refractivity contribution in [3.05, 3.63) is 27.8 Å². The van der Waals surface area contributed by atoms with Gasteiger partial charge < -0.3 is 29.9 Å². The third-order valence-corrected chi connectivity index (χ3v) is 3.83. The van der Waals surface area contributed by atoms with E-state index < -0.39 is 37.3 Å². The zero-order chi connectivity index (χ0) is 14.0. The standard InChI is InChI=1S/C12H15IO6/c13-6-3-1-2-4-7(6)18-11-10(16)9(15)8(5-14)19-12(11)17/h1-4,8-12,14-17H,5H2/t8-,9-,10+,11-,12-/m1/s1. The molecule has 0 saturated carbocycles. The summed E-state index contributed by atoms with van der Waals surface area (Å²) in [5, 5.41) is 38.4. The van der Waals surface area contributed by atoms with Gasteiger partial charge in [0.05, 0.1) is 10.2 Å². The van der Waals surface area contributed by atoms with Crippen molar-refractivity contribution < 1.29 is 29.9 Å². The number of halogens is 1. The van der Waals surface area contributed by atoms with E-state index in [-0.39, 0.29) is 0 Å². The van der Waals surface area contributed by atoms with Crippen LogP contribution in [-0.2, 0) is 4.74 Å². The molecule has 106 valence electrons. The van der Waals surface area contributed by atoms with E-state index in [2.05, 4.69) is 22.6 Å². The van der Waals surface area contributed by atoms with Crippen LogP contribution < -0.4 is 4.74 Å². The Bertz CT molecular complexity index is 428. The number of benzene rings is 1. The smallest absolute Gasteiger partial charge is 0.195 e. The average Bonchev–Trinajstić information content (AvgIpc) is 2.41. The Morgan fingerprint density at radius 1 is 1.16 bits per heavy atom. The highest BCUT2D eigenvalue weighted by Gasteiger charge is 2.45. The number of aliphatic hydroxyl groups excluding tert-OH is 4. The maximum Gasteiger partial charge on any atom is 0.195 e. The zero-order valence-electron chi connectivity index (χ0n) is 9.89. The number of aliphatic hydroxyl groups is 4. The Balaban J connectivity index is 2.14. The first-order valence-corrected chi connectivity index (χ1v) is 6.84. The first-order chi connectivity index (χ1) is 9.04. The van der Waals surface area contributed by atoms with Crippen molar-refractivity contribution in [1.29, 1.82) is 0 Å². The molecule has 1 aliphatic rings. The lowest BCUT2D eigenvalue weighted by Crippen LogP contribution is -2.60. The molecule has 1 aromatic rings. The molecule has 4 N–H and O–H groups in total. The van der Waals surface area contributed by atoms with Gasteiger partial charge in [0, 0.05) is 0 Å². The minimum Gasteiger partial charge on any atom is -0.481 e. The van der Waals surface area contributed by atoms with E-state index in [9.17, 15) is 15.3 Å². The van der Waals surface area contributed by atoms with E-state index in [0.29, 0.717) is 5.75 Å². The lowest BCUT2D eigenvalue weighted by molar-refractivity contribution is -0.280. The fourth-order valence-corrected chi connectivity index (χ4v) is 2.40. The van der Waals surface area contributed by atoms with Crippen LogP contribution in [0.4, 0.5) is 0 Å². The van der Waals surface area contributed by atoms with Crippen molar-refractivity contribution in [3.63, 3.8) is 0 Å². The zero-order valence-corrected chi connectivity index (χ0v) is 12.0. The molecular formula is C12H15IO6. The largest absolute Gasteiger partial charge is 0.481 e. The summed E-state index contributed by atoms with van der Waals surface area (Å²) in [6.07, 6.45) is -6.24. The quantitative estimate of drug-likeness (QED) is 0.525. The topological polar surface area (TPSA) is 99.4 Å². The van der Waals surface area contributed by atoms with Gasteiger partial charge >= 0.3 is 0 Å². The summed E-state index contributed by atoms with van der Waals surface area (Å²) in [5.74, 6) is 0.476. The summed E-state index contributed by atoms with van der Waals surface area (Å²) in [6.45, 7) is -0.495. The third-order valence-electron chi connectivity index (χ3n) is 2.94. The predicted molar refractivity (Wildman–Crippen MR) is 73.6 cm³/mol. The van der Waals surface area contributed by atoms with Crippen LogP contribution in [0.5, 0.6) is 5.75 Å². The molecule has 1 heterocycles. The maximum absolute atomic E-state index is 9.93. The Hall–Kier alpha value is -0.450. The fraction of sp³-hybridized carbons (Fsp3) is 0.500. The second-order valence-electron chi connectivity index (χ2n) is 4.24. The lowest BCUT2D eigenvalue weighted by atomic mass is 9.99. The molecule has 19 heavy (non-hydrogen) atoms. The van der Waals surface area contributed by atoms with Gasteiger partial charge in [-0.1, -0.05) is 12.1 Å². The summed E-state index contributed by atoms with van der Waals surface area (Å²) in [6, 6.07) is 7.08. The van der Waals surface area contributed by atoms with Crippen molar-refractivity contribution in [2.45, 2.75) is 30.7 Å². The van der Waals surface area contributed by atoms with Crippen LogP contribution in [0.2, 0.25) is 0 Å². The minimum atomic E-state index is -1.42. The van der Waals surface area contributed by atoms with Crippen LogP contribution in [0.3, 0.4) is 0 Å². The molecule has 0 amide bonds. The van der Waals surface area contributed by atoms with Gasteiger partial charge in [0.25, 0.3) is 0 Å². The SMILES string of the molecule is OC[C@H]1O[C@@H](O)[C@H](Oc2ccccc2I)[C@@H](O)[C@@H]1O. The second kappa shape index (κ2) is 6.33. The summed E-state index contributed by atoms with van der Waals surface area (Å²) in [7, 11) is 0. The molecule has 6 nitrogen and oxygen atoms in total. The van der Waals surface area contributed by atoms with Gasteiger partial charge in [0.1, 0.15) is 24.1 Å². The highest BCUT2D eigenvalue weighted by atomic mass is 127. The fourth-order valence-electron chi connectivity index (χ4n) is 1.89. The van der Waals surface area contributed by atoms with Crippen molar-refractivity contribution in [1.82, 2.24) is 0 Å². The molecule has 7 heteroatoms. The van der Waals surface area contributed by atoms with E-state index in [1.54, 1.807) is 12.1 Å². The van der Waals surface area contributed by atoms with Crippen LogP contribution in [0.15, 0.2) is 24.3 Å². The minimum absolute atomic E-state index is 0.476. The normalized spacial score (nSPS) is 35.1. The molecule has 5 atom stereocenters. The van der Waals surface area contributed by atoms with Crippen molar-refractivity contribution >= 4 is 22.6 Å². The van der Waals surface area contributed by atoms with Gasteiger partial charge in [0.2, 0.25) is 0 Å². The molecule has 0 aliphatic carbocycles. The summed E-state index contributed by atoms with van der Waals surface area (Å²) in [5.41, 5.74) is 0. The number of hydrogen-bond donors (Lipinski definition) is 4. The van der Waals surface area contributed by atoms with Crippen LogP contribution in [0.1, 0.15) is 0 Å². The van der Waals surface area contributed by atoms with E-state index in [4.69, 9.17) is 14.6 Å². The highest BCUT2D eigenvalue weighted by Crippen LogP contribution is 2.27. The molecule has 0 unspecified atom stereocenters. The Labute approximate surface area is 123 Å². The van der Waals surface area contributed by atoms with Gasteiger partial charge in [-0.25, -0.2) is 0 Å². The number of rotatable bonds is 3. The van der Waals surface area contributed by atoms with Crippen molar-refractivity contribution in [2.24, 2.45) is 0 Å². The van der Waals surface area contributed by atoms with E-state index >= 15 is 0 Å². The van der Waals surface area contributed by atoms with Gasteiger partial charge in [-0.2, -0.15) is 0 Å². The van der Waals surface area contributed by atoms with E-state index in [0.717, 1.165) is 3.57 Å². The number of ether oxygens (including phenoxy) is 2. The van der Waals surface area contributed by atoms with Gasteiger partial charge in [-0.3, -0.25) is 0 Å². The predicted octanol–water partition coefficient (Wildman–Crippen LogP) is -0.530. The Kier molecular flexibility index (Phi) is 4.98. The molecule has 1 aromatic carbocycles. The summed E-state index contributed by atoms with van der Waals surface area (Å²) < 4.78 is 11.3. The Morgan fingerprint density at radius 3 is 2.47 bits per heavy atom. The summed E-state index contributed by atoms with van der Waals surface area (Å²) >= 11 is 2.06. The lowest BCUT2D eigenvalue weighted by Gasteiger charge is -2.39. The Morgan fingerprint density at radius 2 is 1.84 bits per heavy atom. The summed E-state index contributed by atoms with van der Waals surface area (Å²) in [4.78, 5) is 0. The van der Waals surface area contributed by atoms with E-state index in [1.807, 2.05) is 12.1 Å². The molecule has 0 bridgehead atoms. The maximum atomic E-state index is 9.93. The van der Waals surface area contributed by atoms with Gasteiger partial charge in [-0.15, -0.1) is 0 Å².